The lowest BCUT2D eigenvalue weighted by atomic mass is 9.98. The highest BCUT2D eigenvalue weighted by atomic mass is 31.2. The van der Waals surface area contributed by atoms with Gasteiger partial charge in [-0.2, -0.15) is 8.78 Å². The van der Waals surface area contributed by atoms with Crippen LogP contribution in [-0.2, 0) is 34.2 Å². The third kappa shape index (κ3) is 9.99. The number of carbonyl (C=O) groups is 6. The Bertz CT molecular complexity index is 2300. The molecule has 0 saturated carbocycles. The van der Waals surface area contributed by atoms with Gasteiger partial charge in [-0.05, 0) is 55.0 Å². The summed E-state index contributed by atoms with van der Waals surface area (Å²) < 4.78 is 40.5. The van der Waals surface area contributed by atoms with Crippen molar-refractivity contribution in [3.05, 3.63) is 107 Å². The van der Waals surface area contributed by atoms with Crippen molar-refractivity contribution >= 4 is 53.9 Å². The van der Waals surface area contributed by atoms with E-state index in [0.717, 1.165) is 29.3 Å². The van der Waals surface area contributed by atoms with Crippen LogP contribution >= 0.6 is 7.60 Å². The number of rotatable bonds is 14. The number of benzene rings is 3. The summed E-state index contributed by atoms with van der Waals surface area (Å²) in [6.45, 7) is 3.32. The number of hydrogen-bond acceptors (Lipinski definition) is 7. The van der Waals surface area contributed by atoms with Gasteiger partial charge in [-0.15, -0.1) is 0 Å². The third-order valence-corrected chi connectivity index (χ3v) is 12.0. The number of aromatic nitrogens is 1. The van der Waals surface area contributed by atoms with Crippen molar-refractivity contribution in [1.82, 2.24) is 30.7 Å². The summed E-state index contributed by atoms with van der Waals surface area (Å²) in [6, 6.07) is 17.4. The molecule has 6 amide bonds. The lowest BCUT2D eigenvalue weighted by Gasteiger charge is -2.39. The molecule has 4 aromatic rings. The van der Waals surface area contributed by atoms with Crippen LogP contribution in [0.5, 0.6) is 0 Å². The summed E-state index contributed by atoms with van der Waals surface area (Å²) in [6.07, 6.45) is 0.497. The number of amides is 6. The Hall–Kier alpha value is -5.97. The molecular formula is C42H48F2N7O9P. The van der Waals surface area contributed by atoms with Gasteiger partial charge in [-0.1, -0.05) is 80.6 Å². The molecule has 1 aromatic heterocycles. The first kappa shape index (κ1) is 44.6. The highest BCUT2D eigenvalue weighted by molar-refractivity contribution is 7.52. The first-order valence-corrected chi connectivity index (χ1v) is 21.4. The molecule has 2 saturated heterocycles. The highest BCUT2D eigenvalue weighted by Gasteiger charge is 2.50. The van der Waals surface area contributed by atoms with E-state index in [1.54, 1.807) is 13.8 Å². The third-order valence-electron chi connectivity index (χ3n) is 11.0. The van der Waals surface area contributed by atoms with E-state index in [2.05, 4.69) is 20.9 Å². The lowest BCUT2D eigenvalue weighted by molar-refractivity contribution is -0.146. The predicted molar refractivity (Wildman–Crippen MR) is 218 cm³/mol. The first-order chi connectivity index (χ1) is 28.8. The maximum Gasteiger partial charge on any atom is 0.399 e. The number of fused-ring (bicyclic) bond motifs is 2. The van der Waals surface area contributed by atoms with E-state index < -0.39 is 84.5 Å². The van der Waals surface area contributed by atoms with Gasteiger partial charge < -0.3 is 46.3 Å². The number of aromatic amines is 1. The van der Waals surface area contributed by atoms with Gasteiger partial charge in [0, 0.05) is 47.9 Å². The molecule has 0 spiro atoms. The maximum atomic E-state index is 14.6. The van der Waals surface area contributed by atoms with Gasteiger partial charge in [0.2, 0.25) is 29.5 Å². The number of nitrogens with two attached hydrogens (primary N) is 1. The van der Waals surface area contributed by atoms with Crippen molar-refractivity contribution in [2.45, 2.75) is 81.8 Å². The molecule has 6 rings (SSSR count). The summed E-state index contributed by atoms with van der Waals surface area (Å²) in [5.74, 6) is -4.22. The Kier molecular flexibility index (Phi) is 13.4. The number of hydrogen-bond donors (Lipinski definition) is 7. The fraction of sp³-hybridized carbons (Fsp3) is 0.381. The second-order valence-electron chi connectivity index (χ2n) is 15.6. The summed E-state index contributed by atoms with van der Waals surface area (Å²) in [5, 5.41) is 8.44. The van der Waals surface area contributed by atoms with Crippen molar-refractivity contribution in [2.24, 2.45) is 11.7 Å². The topological polar surface area (TPSA) is 244 Å². The van der Waals surface area contributed by atoms with E-state index in [0.29, 0.717) is 12.8 Å². The molecule has 0 aliphatic carbocycles. The van der Waals surface area contributed by atoms with E-state index in [1.165, 1.54) is 15.9 Å². The van der Waals surface area contributed by atoms with Crippen molar-refractivity contribution < 1.29 is 51.9 Å². The Morgan fingerprint density at radius 2 is 1.56 bits per heavy atom. The minimum atomic E-state index is -5.88. The van der Waals surface area contributed by atoms with Crippen LogP contribution in [0, 0.1) is 5.92 Å². The van der Waals surface area contributed by atoms with Crippen molar-refractivity contribution in [2.75, 3.05) is 13.1 Å². The number of carbonyl (C=O) groups excluding carboxylic acids is 6. The fourth-order valence-corrected chi connectivity index (χ4v) is 8.34. The largest absolute Gasteiger partial charge is 0.399 e. The molecule has 0 radical (unpaired) electrons. The van der Waals surface area contributed by atoms with Gasteiger partial charge in [0.05, 0.1) is 6.04 Å². The predicted octanol–water partition coefficient (Wildman–Crippen LogP) is 3.40. The zero-order chi connectivity index (χ0) is 44.2. The van der Waals surface area contributed by atoms with Gasteiger partial charge in [-0.25, -0.2) is 0 Å². The fourth-order valence-electron chi connectivity index (χ4n) is 7.87. The number of primary amides is 1. The van der Waals surface area contributed by atoms with Gasteiger partial charge in [-0.3, -0.25) is 33.3 Å². The monoisotopic (exact) mass is 863 g/mol. The number of halogens is 2. The molecule has 3 heterocycles. The van der Waals surface area contributed by atoms with Crippen molar-refractivity contribution in [3.63, 3.8) is 0 Å². The van der Waals surface area contributed by atoms with E-state index in [4.69, 9.17) is 5.73 Å². The molecule has 4 atom stereocenters. The second-order valence-corrected chi connectivity index (χ2v) is 17.3. The average molecular weight is 864 g/mol. The Morgan fingerprint density at radius 3 is 2.15 bits per heavy atom. The highest BCUT2D eigenvalue weighted by Crippen LogP contribution is 2.59. The van der Waals surface area contributed by atoms with E-state index in [-0.39, 0.29) is 54.9 Å². The molecule has 19 heteroatoms. The first-order valence-electron chi connectivity index (χ1n) is 19.8. The van der Waals surface area contributed by atoms with Crippen molar-refractivity contribution in [3.8, 4) is 0 Å². The zero-order valence-corrected chi connectivity index (χ0v) is 34.3. The standard InChI is InChI=1S/C42H48F2N7O9P/c1-24(2)40(56)50-20-19-29-14-17-34(39(55)47-31(16-18-35(45)52)37(53)49-36(25-9-5-3-6-10-25)26-11-7-4-8-12-26)51(29)41(57)33(23-50)48-38(54)32-22-27-21-28(13-15-30(27)46-32)42(43,44)61(58,59)60/h3-13,15,21-22,24,29,31,33-34,36,46H,14,16-20,23H2,1-2H3,(H2,45,52)(H,47,55)(H,48,54)(H,49,53)(H2,58,59,60)/t29-,31+,33+,34+/m1/s1. The minimum Gasteiger partial charge on any atom is -0.370 e. The van der Waals surface area contributed by atoms with Crippen LogP contribution in [0.2, 0.25) is 0 Å². The molecule has 2 aliphatic heterocycles. The quantitative estimate of drug-likeness (QED) is 0.0918. The average Bonchev–Trinajstić information content (AvgIpc) is 3.86. The number of H-pyrrole nitrogens is 1. The molecular weight excluding hydrogens is 815 g/mol. The molecule has 2 fully saturated rings. The Labute approximate surface area is 349 Å². The summed E-state index contributed by atoms with van der Waals surface area (Å²) in [5.41, 5.74) is 1.54. The normalized spacial score (nSPS) is 19.0. The summed E-state index contributed by atoms with van der Waals surface area (Å²) in [7, 11) is -5.88. The van der Waals surface area contributed by atoms with Crippen LogP contribution in [0.15, 0.2) is 84.9 Å². The van der Waals surface area contributed by atoms with Crippen LogP contribution in [0.1, 0.15) is 79.2 Å². The van der Waals surface area contributed by atoms with Crippen LogP contribution in [-0.4, -0.2) is 97.3 Å². The van der Waals surface area contributed by atoms with Crippen LogP contribution in [0.4, 0.5) is 8.78 Å². The molecule has 3 aromatic carbocycles. The minimum absolute atomic E-state index is 0.0292. The zero-order valence-electron chi connectivity index (χ0n) is 33.4. The molecule has 61 heavy (non-hydrogen) atoms. The van der Waals surface area contributed by atoms with E-state index in [9.17, 15) is 51.9 Å². The van der Waals surface area contributed by atoms with E-state index >= 15 is 0 Å². The number of nitrogens with zero attached hydrogens (tertiary/aromatic N) is 2. The Morgan fingerprint density at radius 1 is 0.918 bits per heavy atom. The van der Waals surface area contributed by atoms with Gasteiger partial charge in [0.1, 0.15) is 23.8 Å². The maximum absolute atomic E-state index is 14.6. The molecule has 16 nitrogen and oxygen atoms in total. The summed E-state index contributed by atoms with van der Waals surface area (Å²) >= 11 is 0. The summed E-state index contributed by atoms with van der Waals surface area (Å²) in [4.78, 5) is 106. The molecule has 0 unspecified atom stereocenters. The van der Waals surface area contributed by atoms with Crippen molar-refractivity contribution in [1.29, 1.82) is 0 Å². The van der Waals surface area contributed by atoms with Crippen LogP contribution < -0.4 is 21.7 Å². The lowest BCUT2D eigenvalue weighted by Crippen LogP contribution is -2.62. The molecule has 8 N–H and O–H groups in total. The number of alkyl halides is 2. The molecule has 2 aliphatic rings. The smallest absolute Gasteiger partial charge is 0.370 e. The van der Waals surface area contributed by atoms with E-state index in [1.807, 2.05) is 60.7 Å². The molecule has 0 bridgehead atoms. The van der Waals surface area contributed by atoms with Gasteiger partial charge >= 0.3 is 13.3 Å². The van der Waals surface area contributed by atoms with Gasteiger partial charge in [0.15, 0.2) is 0 Å². The second kappa shape index (κ2) is 18.3. The molecule has 324 valence electrons. The van der Waals surface area contributed by atoms with Crippen LogP contribution in [0.25, 0.3) is 10.9 Å². The van der Waals surface area contributed by atoms with Crippen LogP contribution in [0.3, 0.4) is 0 Å². The SMILES string of the molecule is CC(C)C(=O)N1CC[C@H]2CC[C@@H](C(=O)N[C@@H](CCC(N)=O)C(=O)NC(c3ccccc3)c3ccccc3)N2C(=O)[C@@H](NC(=O)c2cc3cc(C(F)(F)P(=O)(O)O)ccc3[nH]2)C1. The van der Waals surface area contributed by atoms with Gasteiger partial charge in [0.25, 0.3) is 5.91 Å². The Balaban J connectivity index is 1.25. The number of nitrogens with one attached hydrogen (secondary N) is 4.